The summed E-state index contributed by atoms with van der Waals surface area (Å²) in [6.07, 6.45) is -1.93. The van der Waals surface area contributed by atoms with Gasteiger partial charge >= 0.3 is 0 Å². The van der Waals surface area contributed by atoms with Gasteiger partial charge in [0.05, 0.1) is 33.6 Å². The van der Waals surface area contributed by atoms with Crippen LogP contribution in [0.1, 0.15) is 22.5 Å². The molecule has 0 atom stereocenters. The molecule has 0 saturated heterocycles. The summed E-state index contributed by atoms with van der Waals surface area (Å²) in [6, 6.07) is 14.0. The molecular formula is C26H14Cl2F3N5O4. The number of halogens is 5. The minimum absolute atomic E-state index is 0.0229. The van der Waals surface area contributed by atoms with Gasteiger partial charge in [-0.2, -0.15) is 5.10 Å². The fourth-order valence-corrected chi connectivity index (χ4v) is 4.22. The van der Waals surface area contributed by atoms with E-state index < -0.39 is 34.5 Å². The lowest BCUT2D eigenvalue weighted by Crippen LogP contribution is -2.13. The molecule has 2 heterocycles. The smallest absolute Gasteiger partial charge is 0.280 e. The number of nitrogens with zero attached hydrogens (tertiary/aromatic N) is 4. The van der Waals surface area contributed by atoms with E-state index in [0.29, 0.717) is 10.6 Å². The first-order valence-corrected chi connectivity index (χ1v) is 12.0. The lowest BCUT2D eigenvalue weighted by molar-refractivity contribution is -0.384. The van der Waals surface area contributed by atoms with Gasteiger partial charge in [0.25, 0.3) is 18.0 Å². The normalized spacial score (nSPS) is 11.2. The van der Waals surface area contributed by atoms with Gasteiger partial charge in [0.2, 0.25) is 0 Å². The highest BCUT2D eigenvalue weighted by atomic mass is 35.5. The van der Waals surface area contributed by atoms with E-state index in [4.69, 9.17) is 27.9 Å². The Balaban J connectivity index is 1.52. The van der Waals surface area contributed by atoms with Crippen LogP contribution in [0.25, 0.3) is 16.9 Å². The number of nitro benzene ring substituents is 1. The van der Waals surface area contributed by atoms with Crippen molar-refractivity contribution in [2.45, 2.75) is 6.43 Å². The summed E-state index contributed by atoms with van der Waals surface area (Å²) in [5, 5.41) is 18.4. The number of non-ortho nitro benzene ring substituents is 1. The number of alkyl halides is 2. The molecule has 14 heteroatoms. The molecule has 5 aromatic rings. The van der Waals surface area contributed by atoms with Crippen molar-refractivity contribution in [2.75, 3.05) is 5.32 Å². The molecule has 3 aromatic carbocycles. The van der Waals surface area contributed by atoms with Crippen molar-refractivity contribution >= 4 is 46.1 Å². The number of ether oxygens (including phenoxy) is 1. The summed E-state index contributed by atoms with van der Waals surface area (Å²) in [5.41, 5.74) is -1.00. The molecular weight excluding hydrogens is 574 g/mol. The van der Waals surface area contributed by atoms with Crippen LogP contribution in [0.3, 0.4) is 0 Å². The van der Waals surface area contributed by atoms with Crippen LogP contribution >= 0.6 is 23.2 Å². The van der Waals surface area contributed by atoms with E-state index in [1.807, 2.05) is 0 Å². The van der Waals surface area contributed by atoms with E-state index in [2.05, 4.69) is 15.4 Å². The van der Waals surface area contributed by atoms with Crippen LogP contribution in [-0.4, -0.2) is 25.4 Å². The molecule has 40 heavy (non-hydrogen) atoms. The first-order valence-electron chi connectivity index (χ1n) is 11.3. The van der Waals surface area contributed by atoms with E-state index in [-0.39, 0.29) is 39.1 Å². The highest BCUT2D eigenvalue weighted by Gasteiger charge is 2.23. The van der Waals surface area contributed by atoms with Crippen molar-refractivity contribution in [1.29, 1.82) is 0 Å². The van der Waals surface area contributed by atoms with Gasteiger partial charge in [-0.1, -0.05) is 23.2 Å². The zero-order valence-electron chi connectivity index (χ0n) is 19.8. The van der Waals surface area contributed by atoms with E-state index in [1.54, 1.807) is 0 Å². The number of hydrogen-bond acceptors (Lipinski definition) is 6. The Morgan fingerprint density at radius 3 is 2.48 bits per heavy atom. The fraction of sp³-hybridized carbons (Fsp3) is 0.0385. The lowest BCUT2D eigenvalue weighted by atomic mass is 10.1. The molecule has 0 spiro atoms. The molecule has 1 amide bonds. The van der Waals surface area contributed by atoms with Crippen LogP contribution in [0.4, 0.5) is 24.5 Å². The number of nitrogens with one attached hydrogen (secondary N) is 1. The molecule has 0 aliphatic heterocycles. The molecule has 1 N–H and O–H groups in total. The van der Waals surface area contributed by atoms with Gasteiger partial charge in [-0.3, -0.25) is 14.9 Å². The van der Waals surface area contributed by atoms with Gasteiger partial charge in [0.1, 0.15) is 28.6 Å². The van der Waals surface area contributed by atoms with Crippen LogP contribution in [-0.2, 0) is 0 Å². The third-order valence-corrected chi connectivity index (χ3v) is 6.12. The van der Waals surface area contributed by atoms with E-state index in [9.17, 15) is 28.1 Å². The Labute approximate surface area is 232 Å². The number of rotatable bonds is 7. The standard InChI is InChI=1S/C26H14Cl2F3N5O4/c27-14-3-6-23(20(28)7-14)40-18-9-16(8-17(10-18)36(38)39)33-26(37)19-12-32-35-22(24(30)31)11-21(34-25(19)35)13-1-4-15(29)5-2-13/h1-12,24H,(H,33,37). The van der Waals surface area contributed by atoms with Crippen LogP contribution in [0, 0.1) is 15.9 Å². The quantitative estimate of drug-likeness (QED) is 0.154. The fourth-order valence-electron chi connectivity index (χ4n) is 3.77. The van der Waals surface area contributed by atoms with Gasteiger partial charge in [-0.25, -0.2) is 22.7 Å². The summed E-state index contributed by atoms with van der Waals surface area (Å²) < 4.78 is 47.6. The monoisotopic (exact) mass is 587 g/mol. The summed E-state index contributed by atoms with van der Waals surface area (Å²) in [4.78, 5) is 28.4. The van der Waals surface area contributed by atoms with E-state index in [0.717, 1.165) is 41.0 Å². The molecule has 9 nitrogen and oxygen atoms in total. The topological polar surface area (TPSA) is 112 Å². The third kappa shape index (κ3) is 5.53. The van der Waals surface area contributed by atoms with Crippen LogP contribution in [0.5, 0.6) is 11.5 Å². The number of nitro groups is 1. The molecule has 0 radical (unpaired) electrons. The SMILES string of the molecule is O=C(Nc1cc(Oc2ccc(Cl)cc2Cl)cc([N+](=O)[O-])c1)c1cnn2c(C(F)F)cc(-c3ccc(F)cc3)nc12. The number of benzene rings is 3. The number of fused-ring (bicyclic) bond motifs is 1. The van der Waals surface area contributed by atoms with Crippen LogP contribution < -0.4 is 10.1 Å². The minimum Gasteiger partial charge on any atom is -0.455 e. The maximum absolute atomic E-state index is 13.9. The van der Waals surface area contributed by atoms with Gasteiger partial charge in [-0.15, -0.1) is 0 Å². The molecule has 0 saturated carbocycles. The van der Waals surface area contributed by atoms with Gasteiger partial charge in [0, 0.05) is 22.7 Å². The van der Waals surface area contributed by atoms with Crippen molar-refractivity contribution in [1.82, 2.24) is 14.6 Å². The molecule has 0 bridgehead atoms. The average molecular weight is 588 g/mol. The Morgan fingerprint density at radius 2 is 1.80 bits per heavy atom. The maximum Gasteiger partial charge on any atom is 0.280 e. The van der Waals surface area contributed by atoms with Crippen LogP contribution in [0.2, 0.25) is 10.0 Å². The van der Waals surface area contributed by atoms with Crippen LogP contribution in [0.15, 0.2) is 72.9 Å². The van der Waals surface area contributed by atoms with E-state index in [1.165, 1.54) is 36.4 Å². The van der Waals surface area contributed by atoms with E-state index >= 15 is 0 Å². The Morgan fingerprint density at radius 1 is 1.05 bits per heavy atom. The van der Waals surface area contributed by atoms with Crippen molar-refractivity contribution in [2.24, 2.45) is 0 Å². The summed E-state index contributed by atoms with van der Waals surface area (Å²) in [6.45, 7) is 0. The summed E-state index contributed by atoms with van der Waals surface area (Å²) >= 11 is 12.0. The van der Waals surface area contributed by atoms with Gasteiger partial charge in [-0.05, 0) is 48.5 Å². The lowest BCUT2D eigenvalue weighted by Gasteiger charge is -2.11. The molecule has 0 aliphatic rings. The predicted octanol–water partition coefficient (Wildman–Crippen LogP) is 7.73. The highest BCUT2D eigenvalue weighted by Crippen LogP contribution is 2.35. The number of amides is 1. The molecule has 2 aromatic heterocycles. The van der Waals surface area contributed by atoms with Gasteiger partial charge in [0.15, 0.2) is 5.65 Å². The van der Waals surface area contributed by atoms with Crippen molar-refractivity contribution in [3.05, 3.63) is 110 Å². The number of anilines is 1. The molecule has 0 aliphatic carbocycles. The minimum atomic E-state index is -2.98. The number of carbonyl (C=O) groups is 1. The zero-order chi connectivity index (χ0) is 28.6. The Hall–Kier alpha value is -4.68. The average Bonchev–Trinajstić information content (AvgIpc) is 3.34. The molecule has 5 rings (SSSR count). The van der Waals surface area contributed by atoms with Crippen molar-refractivity contribution in [3.63, 3.8) is 0 Å². The molecule has 0 unspecified atom stereocenters. The molecule has 202 valence electrons. The maximum atomic E-state index is 13.9. The number of aromatic nitrogens is 3. The highest BCUT2D eigenvalue weighted by molar-refractivity contribution is 6.35. The number of carbonyl (C=O) groups excluding carboxylic acids is 1. The van der Waals surface area contributed by atoms with Gasteiger partial charge < -0.3 is 10.1 Å². The summed E-state index contributed by atoms with van der Waals surface area (Å²) in [7, 11) is 0. The predicted molar refractivity (Wildman–Crippen MR) is 141 cm³/mol. The second-order valence-electron chi connectivity index (χ2n) is 8.27. The zero-order valence-corrected chi connectivity index (χ0v) is 21.3. The Bertz CT molecular complexity index is 1780. The first-order chi connectivity index (χ1) is 19.1. The van der Waals surface area contributed by atoms with Crippen molar-refractivity contribution in [3.8, 4) is 22.8 Å². The second-order valence-corrected chi connectivity index (χ2v) is 9.11. The Kier molecular flexibility index (Phi) is 7.28. The molecule has 0 fully saturated rings. The summed E-state index contributed by atoms with van der Waals surface area (Å²) in [5.74, 6) is -1.23. The van der Waals surface area contributed by atoms with Crippen molar-refractivity contribution < 1.29 is 27.6 Å². The number of hydrogen-bond donors (Lipinski definition) is 1. The third-order valence-electron chi connectivity index (χ3n) is 5.59. The largest absolute Gasteiger partial charge is 0.455 e. The second kappa shape index (κ2) is 10.8. The first kappa shape index (κ1) is 26.9.